The Balaban J connectivity index is 1.59. The van der Waals surface area contributed by atoms with Gasteiger partial charge in [0.15, 0.2) is 0 Å². The molecular weight excluding hydrogens is 374 g/mol. The molecule has 0 amide bonds. The van der Waals surface area contributed by atoms with E-state index >= 15 is 0 Å². The van der Waals surface area contributed by atoms with Gasteiger partial charge in [0.2, 0.25) is 0 Å². The molecule has 5 heteroatoms. The molecule has 3 aromatic carbocycles. The first-order valence-electron chi connectivity index (χ1n) is 8.74. The molecule has 0 fully saturated rings. The lowest BCUT2D eigenvalue weighted by atomic mass is 10.0. The zero-order chi connectivity index (χ0) is 19.9. The molecule has 0 saturated carbocycles. The van der Waals surface area contributed by atoms with E-state index in [1.165, 1.54) is 0 Å². The van der Waals surface area contributed by atoms with Crippen molar-refractivity contribution in [3.63, 3.8) is 0 Å². The first-order valence-corrected chi connectivity index (χ1v) is 9.12. The van der Waals surface area contributed by atoms with E-state index < -0.39 is 5.97 Å². The smallest absolute Gasteiger partial charge is 0.307 e. The van der Waals surface area contributed by atoms with Gasteiger partial charge in [-0.1, -0.05) is 78.8 Å². The highest BCUT2D eigenvalue weighted by molar-refractivity contribution is 6.30. The van der Waals surface area contributed by atoms with E-state index in [-0.39, 0.29) is 6.42 Å². The van der Waals surface area contributed by atoms with Crippen molar-refractivity contribution in [3.8, 4) is 11.1 Å². The average Bonchev–Trinajstić information content (AvgIpc) is 2.69. The van der Waals surface area contributed by atoms with Gasteiger partial charge in [-0.3, -0.25) is 15.1 Å². The number of halogens is 1. The molecule has 0 bridgehead atoms. The van der Waals surface area contributed by atoms with Gasteiger partial charge in [-0.25, -0.2) is 0 Å². The van der Waals surface area contributed by atoms with Crippen LogP contribution >= 0.6 is 11.6 Å². The van der Waals surface area contributed by atoms with Crippen molar-refractivity contribution < 1.29 is 14.7 Å². The minimum atomic E-state index is -0.839. The summed E-state index contributed by atoms with van der Waals surface area (Å²) in [5.74, 6) is -0.839. The Bertz CT molecular complexity index is 966. The molecule has 0 aliphatic carbocycles. The summed E-state index contributed by atoms with van der Waals surface area (Å²) in [5, 5.41) is 9.64. The number of carboxylic acids is 1. The fraction of sp³-hybridized carbons (Fsp3) is 0.0870. The van der Waals surface area contributed by atoms with Crippen LogP contribution in [0.15, 0.2) is 79.4 Å². The first kappa shape index (κ1) is 19.7. The number of hydroxylamine groups is 1. The maximum atomic E-state index is 10.9. The summed E-state index contributed by atoms with van der Waals surface area (Å²) in [4.78, 5) is 16.4. The van der Waals surface area contributed by atoms with E-state index in [9.17, 15) is 4.79 Å². The molecule has 28 heavy (non-hydrogen) atoms. The Morgan fingerprint density at radius 2 is 1.68 bits per heavy atom. The van der Waals surface area contributed by atoms with E-state index in [1.807, 2.05) is 72.8 Å². The SMILES string of the molecule is C=C(NOCc1ccc(Cl)cc1)c1ccc(-c2cccc(CC(=O)O)c2)cc1. The van der Waals surface area contributed by atoms with Crippen LogP contribution in [0.3, 0.4) is 0 Å². The largest absolute Gasteiger partial charge is 0.481 e. The van der Waals surface area contributed by atoms with Crippen LogP contribution in [-0.4, -0.2) is 11.1 Å². The topological polar surface area (TPSA) is 58.6 Å². The van der Waals surface area contributed by atoms with Crippen LogP contribution in [-0.2, 0) is 22.7 Å². The van der Waals surface area contributed by atoms with E-state index in [0.29, 0.717) is 17.3 Å². The summed E-state index contributed by atoms with van der Waals surface area (Å²) in [6.07, 6.45) is 0.0115. The summed E-state index contributed by atoms with van der Waals surface area (Å²) < 4.78 is 0. The van der Waals surface area contributed by atoms with Crippen molar-refractivity contribution in [1.82, 2.24) is 5.48 Å². The van der Waals surface area contributed by atoms with E-state index in [4.69, 9.17) is 21.5 Å². The molecule has 0 spiro atoms. The summed E-state index contributed by atoms with van der Waals surface area (Å²) in [6.45, 7) is 4.39. The molecule has 0 radical (unpaired) electrons. The Morgan fingerprint density at radius 1 is 0.964 bits per heavy atom. The second-order valence-corrected chi connectivity index (χ2v) is 6.78. The number of benzene rings is 3. The molecule has 3 aromatic rings. The van der Waals surface area contributed by atoms with Gasteiger partial charge in [-0.2, -0.15) is 0 Å². The predicted octanol–water partition coefficient (Wildman–Crippen LogP) is 5.33. The predicted molar refractivity (Wildman–Crippen MR) is 112 cm³/mol. The number of hydrogen-bond donors (Lipinski definition) is 2. The highest BCUT2D eigenvalue weighted by Gasteiger charge is 2.05. The van der Waals surface area contributed by atoms with Crippen LogP contribution in [0.2, 0.25) is 5.02 Å². The quantitative estimate of drug-likeness (QED) is 0.508. The van der Waals surface area contributed by atoms with Gasteiger partial charge in [-0.15, -0.1) is 0 Å². The molecule has 0 unspecified atom stereocenters. The van der Waals surface area contributed by atoms with Gasteiger partial charge in [0.05, 0.1) is 18.7 Å². The molecule has 0 atom stereocenters. The maximum Gasteiger partial charge on any atom is 0.307 e. The normalized spacial score (nSPS) is 10.5. The summed E-state index contributed by atoms with van der Waals surface area (Å²) in [7, 11) is 0. The molecule has 4 nitrogen and oxygen atoms in total. The van der Waals surface area contributed by atoms with Crippen molar-refractivity contribution in [2.45, 2.75) is 13.0 Å². The van der Waals surface area contributed by atoms with Crippen LogP contribution in [0.25, 0.3) is 16.8 Å². The second-order valence-electron chi connectivity index (χ2n) is 6.34. The van der Waals surface area contributed by atoms with Crippen LogP contribution in [0.4, 0.5) is 0 Å². The van der Waals surface area contributed by atoms with Crippen LogP contribution in [0.5, 0.6) is 0 Å². The van der Waals surface area contributed by atoms with Crippen LogP contribution in [0.1, 0.15) is 16.7 Å². The van der Waals surface area contributed by atoms with Crippen molar-refractivity contribution in [1.29, 1.82) is 0 Å². The standard InChI is InChI=1S/C23H20ClNO3/c1-16(25-28-15-17-5-11-22(24)12-6-17)19-7-9-20(10-8-19)21-4-2-3-18(13-21)14-23(26)27/h2-13,25H,1,14-15H2,(H,26,27). The molecule has 142 valence electrons. The molecule has 3 rings (SSSR count). The summed E-state index contributed by atoms with van der Waals surface area (Å²) in [6, 6.07) is 22.8. The van der Waals surface area contributed by atoms with Crippen LogP contribution in [0, 0.1) is 0 Å². The minimum Gasteiger partial charge on any atom is -0.481 e. The Kier molecular flexibility index (Phi) is 6.48. The number of aliphatic carboxylic acids is 1. The van der Waals surface area contributed by atoms with Gasteiger partial charge < -0.3 is 5.11 Å². The number of carbonyl (C=O) groups is 1. The Labute approximate surface area is 169 Å². The van der Waals surface area contributed by atoms with Gasteiger partial charge in [-0.05, 0) is 39.9 Å². The zero-order valence-corrected chi connectivity index (χ0v) is 15.9. The minimum absolute atomic E-state index is 0.0115. The highest BCUT2D eigenvalue weighted by atomic mass is 35.5. The first-order chi connectivity index (χ1) is 13.5. The third-order valence-electron chi connectivity index (χ3n) is 4.20. The van der Waals surface area contributed by atoms with Crippen molar-refractivity contribution in [2.75, 3.05) is 0 Å². The number of carboxylic acid groups (broad SMARTS) is 1. The van der Waals surface area contributed by atoms with Gasteiger partial charge >= 0.3 is 5.97 Å². The lowest BCUT2D eigenvalue weighted by Crippen LogP contribution is -2.12. The van der Waals surface area contributed by atoms with Gasteiger partial charge in [0, 0.05) is 5.02 Å². The fourth-order valence-corrected chi connectivity index (χ4v) is 2.87. The lowest BCUT2D eigenvalue weighted by Gasteiger charge is -2.11. The third-order valence-corrected chi connectivity index (χ3v) is 4.45. The zero-order valence-electron chi connectivity index (χ0n) is 15.2. The van der Waals surface area contributed by atoms with Crippen molar-refractivity contribution >= 4 is 23.3 Å². The molecule has 0 saturated heterocycles. The van der Waals surface area contributed by atoms with E-state index in [2.05, 4.69) is 12.1 Å². The monoisotopic (exact) mass is 393 g/mol. The molecule has 0 aromatic heterocycles. The van der Waals surface area contributed by atoms with Crippen LogP contribution < -0.4 is 5.48 Å². The Morgan fingerprint density at radius 3 is 2.36 bits per heavy atom. The van der Waals surface area contributed by atoms with Crippen molar-refractivity contribution in [2.24, 2.45) is 0 Å². The average molecular weight is 394 g/mol. The number of nitrogens with one attached hydrogen (secondary N) is 1. The van der Waals surface area contributed by atoms with Gasteiger partial charge in [0.1, 0.15) is 0 Å². The van der Waals surface area contributed by atoms with E-state index in [0.717, 1.165) is 27.8 Å². The molecule has 0 aliphatic heterocycles. The molecule has 0 heterocycles. The molecule has 2 N–H and O–H groups in total. The summed E-state index contributed by atoms with van der Waals surface area (Å²) >= 11 is 5.87. The maximum absolute atomic E-state index is 10.9. The number of hydrogen-bond acceptors (Lipinski definition) is 3. The third kappa shape index (κ3) is 5.46. The van der Waals surface area contributed by atoms with Crippen molar-refractivity contribution in [3.05, 3.63) is 101 Å². The molecular formula is C23H20ClNO3. The summed E-state index contributed by atoms with van der Waals surface area (Å²) in [5.41, 5.74) is 8.17. The highest BCUT2D eigenvalue weighted by Crippen LogP contribution is 2.23. The van der Waals surface area contributed by atoms with Gasteiger partial charge in [0.25, 0.3) is 0 Å². The Hall–Kier alpha value is -3.08. The molecule has 0 aliphatic rings. The second kappa shape index (κ2) is 9.22. The fourth-order valence-electron chi connectivity index (χ4n) is 2.75. The lowest BCUT2D eigenvalue weighted by molar-refractivity contribution is -0.136. The van der Waals surface area contributed by atoms with E-state index in [1.54, 1.807) is 0 Å². The number of rotatable bonds is 8.